The molecule has 0 bridgehead atoms. The maximum atomic E-state index is 14.4. The Morgan fingerprint density at radius 1 is 0.985 bits per heavy atom. The highest BCUT2D eigenvalue weighted by Gasteiger charge is 2.41. The third kappa shape index (κ3) is 12.5. The number of nitriles is 1. The van der Waals surface area contributed by atoms with Crippen LogP contribution in [-0.2, 0) is 31.0 Å². The zero-order chi connectivity index (χ0) is 49.0. The standard InChI is InChI=1S/C51H56ClN5O9S/c1-30-23-37(20-17-31(30)24-33(28-53)46-55-41-26-34(18-22-42(41)64-46)51(8,9)29-49(2,3)4)57(36-14-10-11-15-36)48(62)65-43(44(58)50(5,6)7)45(59)54-40-27-35(19-21-39(40)52)56-67(63)66-38-16-12-13-32(25-38)47(60)61/h12-13,16-27,36,43,56H,10-11,14-15,29H2,1-9H3,(H,54,59)(H,60,61). The molecule has 1 fully saturated rings. The zero-order valence-corrected chi connectivity index (χ0v) is 40.7. The molecule has 352 valence electrons. The lowest BCUT2D eigenvalue weighted by Crippen LogP contribution is -2.48. The Kier molecular flexibility index (Phi) is 15.0. The van der Waals surface area contributed by atoms with E-state index in [0.29, 0.717) is 35.2 Å². The third-order valence-electron chi connectivity index (χ3n) is 11.3. The summed E-state index contributed by atoms with van der Waals surface area (Å²) in [5.41, 5.74) is 3.47. The summed E-state index contributed by atoms with van der Waals surface area (Å²) in [6.07, 6.45) is 2.89. The number of ketones is 1. The molecule has 1 aliphatic rings. The van der Waals surface area contributed by atoms with Crippen molar-refractivity contribution >= 4 is 86.4 Å². The van der Waals surface area contributed by atoms with E-state index >= 15 is 0 Å². The molecule has 2 amide bonds. The van der Waals surface area contributed by atoms with Crippen LogP contribution in [0.1, 0.15) is 120 Å². The number of nitrogens with one attached hydrogen (secondary N) is 2. The molecule has 1 heterocycles. The van der Waals surface area contributed by atoms with Gasteiger partial charge >= 0.3 is 23.3 Å². The zero-order valence-electron chi connectivity index (χ0n) is 39.1. The van der Waals surface area contributed by atoms with Crippen LogP contribution in [0.3, 0.4) is 0 Å². The normalized spacial score (nSPS) is 14.5. The molecule has 14 nitrogen and oxygen atoms in total. The lowest BCUT2D eigenvalue weighted by Gasteiger charge is -2.32. The van der Waals surface area contributed by atoms with Crippen LogP contribution in [0.15, 0.2) is 83.3 Å². The molecule has 16 heteroatoms. The maximum Gasteiger partial charge on any atom is 0.415 e. The Balaban J connectivity index is 1.23. The third-order valence-corrected chi connectivity index (χ3v) is 12.4. The van der Waals surface area contributed by atoms with Gasteiger partial charge in [-0.05, 0) is 120 Å². The second kappa shape index (κ2) is 20.2. The minimum atomic E-state index is -2.21. The number of aromatic carboxylic acids is 1. The molecule has 1 aromatic heterocycles. The van der Waals surface area contributed by atoms with Crippen molar-refractivity contribution in [1.82, 2.24) is 4.98 Å². The number of aryl methyl sites for hydroxylation is 1. The van der Waals surface area contributed by atoms with Crippen LogP contribution < -0.4 is 19.1 Å². The van der Waals surface area contributed by atoms with Gasteiger partial charge in [0.2, 0.25) is 12.0 Å². The fraction of sp³-hybridized carbons (Fsp3) is 0.373. The minimum Gasteiger partial charge on any atom is -0.478 e. The van der Waals surface area contributed by atoms with E-state index in [1.165, 1.54) is 47.4 Å². The molecule has 67 heavy (non-hydrogen) atoms. The first-order valence-corrected chi connectivity index (χ1v) is 23.4. The molecule has 2 unspecified atom stereocenters. The number of halogens is 1. The number of hydrogen-bond acceptors (Lipinski definition) is 10. The summed E-state index contributed by atoms with van der Waals surface area (Å²) in [6.45, 7) is 17.7. The van der Waals surface area contributed by atoms with Crippen molar-refractivity contribution in [3.8, 4) is 11.8 Å². The summed E-state index contributed by atoms with van der Waals surface area (Å²) < 4.78 is 32.8. The number of nitrogens with zero attached hydrogens (tertiary/aromatic N) is 3. The van der Waals surface area contributed by atoms with Crippen molar-refractivity contribution in [3.05, 3.63) is 112 Å². The van der Waals surface area contributed by atoms with Gasteiger partial charge < -0.3 is 23.8 Å². The van der Waals surface area contributed by atoms with Gasteiger partial charge in [0.05, 0.1) is 22.0 Å². The van der Waals surface area contributed by atoms with Crippen LogP contribution in [-0.4, -0.2) is 50.2 Å². The van der Waals surface area contributed by atoms with E-state index in [2.05, 4.69) is 50.7 Å². The molecule has 0 aliphatic heterocycles. The van der Waals surface area contributed by atoms with Gasteiger partial charge in [-0.15, -0.1) is 0 Å². The minimum absolute atomic E-state index is 0.00981. The SMILES string of the molecule is Cc1cc(N(C(=O)OC(C(=O)Nc2cc(NS(=O)Oc3cccc(C(=O)O)c3)ccc2Cl)C(=O)C(C)(C)C)C2CCCC2)ccc1C=C(C#N)c1nc2cc(C(C)(C)CC(C)(C)C)ccc2o1. The van der Waals surface area contributed by atoms with Crippen molar-refractivity contribution < 1.29 is 41.8 Å². The van der Waals surface area contributed by atoms with Gasteiger partial charge in [0.15, 0.2) is 11.4 Å². The van der Waals surface area contributed by atoms with E-state index < -0.39 is 46.5 Å². The second-order valence-corrected chi connectivity index (χ2v) is 20.9. The predicted molar refractivity (Wildman–Crippen MR) is 261 cm³/mol. The number of oxazole rings is 1. The van der Waals surface area contributed by atoms with Crippen molar-refractivity contribution in [2.24, 2.45) is 10.8 Å². The van der Waals surface area contributed by atoms with Gasteiger partial charge in [0.25, 0.3) is 5.91 Å². The quantitative estimate of drug-likeness (QED) is 0.0666. The lowest BCUT2D eigenvalue weighted by molar-refractivity contribution is -0.142. The predicted octanol–water partition coefficient (Wildman–Crippen LogP) is 11.8. The van der Waals surface area contributed by atoms with Crippen LogP contribution in [0, 0.1) is 29.1 Å². The van der Waals surface area contributed by atoms with Gasteiger partial charge in [-0.3, -0.25) is 19.2 Å². The van der Waals surface area contributed by atoms with Crippen LogP contribution in [0.4, 0.5) is 21.9 Å². The summed E-state index contributed by atoms with van der Waals surface area (Å²) in [7, 11) is 0. The molecule has 6 rings (SSSR count). The van der Waals surface area contributed by atoms with E-state index in [1.807, 2.05) is 25.1 Å². The van der Waals surface area contributed by atoms with Crippen LogP contribution >= 0.6 is 11.6 Å². The Hall–Kier alpha value is -6.50. The molecule has 3 N–H and O–H groups in total. The molecule has 4 aromatic carbocycles. The molecule has 5 aromatic rings. The summed E-state index contributed by atoms with van der Waals surface area (Å²) in [5.74, 6) is -2.61. The van der Waals surface area contributed by atoms with Gasteiger partial charge in [-0.1, -0.05) is 98.0 Å². The Bertz CT molecular complexity index is 2810. The molecule has 0 spiro atoms. The second-order valence-electron chi connectivity index (χ2n) is 19.7. The number of ether oxygens (including phenoxy) is 1. The molecule has 0 saturated heterocycles. The Morgan fingerprint density at radius 3 is 2.34 bits per heavy atom. The molecular formula is C51H56ClN5O9S. The highest BCUT2D eigenvalue weighted by Crippen LogP contribution is 2.38. The number of allylic oxidation sites excluding steroid dienone is 1. The van der Waals surface area contributed by atoms with Crippen molar-refractivity contribution in [1.29, 1.82) is 5.26 Å². The molecule has 1 saturated carbocycles. The van der Waals surface area contributed by atoms with Crippen molar-refractivity contribution in [3.63, 3.8) is 0 Å². The summed E-state index contributed by atoms with van der Waals surface area (Å²) in [5, 5.41) is 22.2. The number of Topliss-reactive ketones (excluding diaryl/α,β-unsaturated/α-hetero) is 1. The van der Waals surface area contributed by atoms with Gasteiger partial charge in [0.1, 0.15) is 22.9 Å². The first-order chi connectivity index (χ1) is 31.4. The van der Waals surface area contributed by atoms with Crippen molar-refractivity contribution in [2.75, 3.05) is 14.9 Å². The Labute approximate surface area is 398 Å². The largest absolute Gasteiger partial charge is 0.478 e. The van der Waals surface area contributed by atoms with E-state index in [-0.39, 0.29) is 56.0 Å². The smallest absolute Gasteiger partial charge is 0.415 e. The number of carboxylic acids is 1. The first kappa shape index (κ1) is 49.9. The topological polar surface area (TPSA) is 201 Å². The molecular weight excluding hydrogens is 894 g/mol. The number of carboxylic acid groups (broad SMARTS) is 1. The average molecular weight is 951 g/mol. The molecule has 2 atom stereocenters. The number of benzene rings is 4. The monoisotopic (exact) mass is 949 g/mol. The lowest BCUT2D eigenvalue weighted by atomic mass is 9.72. The van der Waals surface area contributed by atoms with Crippen LogP contribution in [0.5, 0.6) is 5.75 Å². The van der Waals surface area contributed by atoms with Gasteiger partial charge in [0, 0.05) is 17.1 Å². The number of aromatic nitrogens is 1. The van der Waals surface area contributed by atoms with E-state index in [4.69, 9.17) is 29.9 Å². The van der Waals surface area contributed by atoms with E-state index in [9.17, 15) is 33.8 Å². The summed E-state index contributed by atoms with van der Waals surface area (Å²) in [6, 6.07) is 22.9. The molecule has 1 aliphatic carbocycles. The maximum absolute atomic E-state index is 14.4. The first-order valence-electron chi connectivity index (χ1n) is 21.9. The number of anilines is 3. The van der Waals surface area contributed by atoms with Gasteiger partial charge in [-0.2, -0.15) is 9.47 Å². The fourth-order valence-corrected chi connectivity index (χ4v) is 9.14. The van der Waals surface area contributed by atoms with E-state index in [0.717, 1.165) is 30.4 Å². The number of carbonyl (C=O) groups excluding carboxylic acids is 3. The highest BCUT2D eigenvalue weighted by molar-refractivity contribution is 7.82. The van der Waals surface area contributed by atoms with Crippen LogP contribution in [0.2, 0.25) is 5.02 Å². The van der Waals surface area contributed by atoms with Gasteiger partial charge in [-0.25, -0.2) is 14.6 Å². The number of amides is 2. The van der Waals surface area contributed by atoms with E-state index in [1.54, 1.807) is 45.0 Å². The highest BCUT2D eigenvalue weighted by atomic mass is 35.5. The summed E-state index contributed by atoms with van der Waals surface area (Å²) in [4.78, 5) is 59.9. The average Bonchev–Trinajstić information content (AvgIpc) is 3.93. The fourth-order valence-electron chi connectivity index (χ4n) is 8.33. The molecule has 0 radical (unpaired) electrons. The number of fused-ring (bicyclic) bond motifs is 1. The van der Waals surface area contributed by atoms with Crippen molar-refractivity contribution in [2.45, 2.75) is 112 Å². The number of hydrogen-bond donors (Lipinski definition) is 3. The van der Waals surface area contributed by atoms with Crippen LogP contribution in [0.25, 0.3) is 22.7 Å². The number of carbonyl (C=O) groups is 4. The number of rotatable bonds is 15. The Morgan fingerprint density at radius 2 is 1.70 bits per heavy atom. The summed E-state index contributed by atoms with van der Waals surface area (Å²) >= 11 is 4.26.